The Balaban J connectivity index is 2.10. The lowest BCUT2D eigenvalue weighted by Gasteiger charge is -2.45. The lowest BCUT2D eigenvalue weighted by Crippen LogP contribution is -2.51. The van der Waals surface area contributed by atoms with Crippen LogP contribution in [0.2, 0.25) is 0 Å². The molecule has 1 atom stereocenters. The van der Waals surface area contributed by atoms with Gasteiger partial charge in [-0.15, -0.1) is 0 Å². The fraction of sp³-hybridized carbons (Fsp3) is 0.889. The highest BCUT2D eigenvalue weighted by atomic mass is 32.2. The summed E-state index contributed by atoms with van der Waals surface area (Å²) in [5.74, 6) is 1.62. The summed E-state index contributed by atoms with van der Waals surface area (Å²) in [6, 6.07) is 0. The summed E-state index contributed by atoms with van der Waals surface area (Å²) in [5.41, 5.74) is -0.580. The van der Waals surface area contributed by atoms with Crippen molar-refractivity contribution in [3.63, 3.8) is 0 Å². The van der Waals surface area contributed by atoms with E-state index in [2.05, 4.69) is 0 Å². The van der Waals surface area contributed by atoms with E-state index < -0.39 is 11.4 Å². The van der Waals surface area contributed by atoms with E-state index in [9.17, 15) is 9.90 Å². The molecule has 1 aliphatic heterocycles. The Morgan fingerprint density at radius 3 is 2.54 bits per heavy atom. The van der Waals surface area contributed by atoms with Gasteiger partial charge in [0, 0.05) is 0 Å². The molecule has 0 spiro atoms. The van der Waals surface area contributed by atoms with E-state index in [4.69, 9.17) is 5.11 Å². The van der Waals surface area contributed by atoms with Crippen LogP contribution < -0.4 is 0 Å². The molecule has 2 aliphatic rings. The standard InChI is InChI=1S/C9H14O3S/c10-7-3-9(4-7,8(11)12)6-1-2-13-5-6/h6-7,10H,1-5H2,(H,11,12). The van der Waals surface area contributed by atoms with Crippen LogP contribution in [0, 0.1) is 11.3 Å². The van der Waals surface area contributed by atoms with Crippen LogP contribution in [0.1, 0.15) is 19.3 Å². The maximum absolute atomic E-state index is 11.1. The molecule has 1 unspecified atom stereocenters. The molecule has 0 aromatic carbocycles. The first kappa shape index (κ1) is 9.34. The van der Waals surface area contributed by atoms with E-state index in [0.29, 0.717) is 18.8 Å². The third kappa shape index (κ3) is 1.36. The molecule has 2 fully saturated rings. The quantitative estimate of drug-likeness (QED) is 0.700. The number of carbonyl (C=O) groups is 1. The Morgan fingerprint density at radius 2 is 2.15 bits per heavy atom. The molecule has 0 radical (unpaired) electrons. The second-order valence-electron chi connectivity index (χ2n) is 4.08. The molecule has 3 nitrogen and oxygen atoms in total. The molecule has 4 heteroatoms. The largest absolute Gasteiger partial charge is 0.481 e. The van der Waals surface area contributed by atoms with Crippen molar-refractivity contribution < 1.29 is 15.0 Å². The zero-order valence-corrected chi connectivity index (χ0v) is 8.22. The van der Waals surface area contributed by atoms with Crippen molar-refractivity contribution in [2.24, 2.45) is 11.3 Å². The molecule has 13 heavy (non-hydrogen) atoms. The zero-order valence-electron chi connectivity index (χ0n) is 7.40. The normalized spacial score (nSPS) is 44.4. The molecular formula is C9H14O3S. The van der Waals surface area contributed by atoms with E-state index in [-0.39, 0.29) is 6.10 Å². The molecule has 1 saturated heterocycles. The van der Waals surface area contributed by atoms with Gasteiger partial charge in [0.25, 0.3) is 0 Å². The minimum Gasteiger partial charge on any atom is -0.481 e. The lowest BCUT2D eigenvalue weighted by atomic mass is 9.59. The van der Waals surface area contributed by atoms with E-state index >= 15 is 0 Å². The first-order chi connectivity index (χ1) is 6.15. The van der Waals surface area contributed by atoms with Gasteiger partial charge in [-0.05, 0) is 36.7 Å². The second-order valence-corrected chi connectivity index (χ2v) is 5.23. The first-order valence-corrected chi connectivity index (χ1v) is 5.80. The average molecular weight is 202 g/mol. The van der Waals surface area contributed by atoms with E-state index in [1.807, 2.05) is 11.8 Å². The van der Waals surface area contributed by atoms with Crippen LogP contribution in [-0.4, -0.2) is 33.8 Å². The molecule has 2 rings (SSSR count). The highest BCUT2D eigenvalue weighted by Crippen LogP contribution is 2.52. The number of aliphatic carboxylic acids is 1. The molecule has 0 amide bonds. The number of hydrogen-bond acceptors (Lipinski definition) is 3. The van der Waals surface area contributed by atoms with Crippen LogP contribution in [-0.2, 0) is 4.79 Å². The Bertz CT molecular complexity index is 217. The molecule has 0 aromatic heterocycles. The van der Waals surface area contributed by atoms with E-state index in [1.54, 1.807) is 0 Å². The predicted octanol–water partition coefficient (Wildman–Crippen LogP) is 0.965. The van der Waals surface area contributed by atoms with Crippen molar-refractivity contribution in [2.45, 2.75) is 25.4 Å². The smallest absolute Gasteiger partial charge is 0.310 e. The Labute approximate surface area is 81.5 Å². The van der Waals surface area contributed by atoms with Gasteiger partial charge < -0.3 is 10.2 Å². The van der Waals surface area contributed by atoms with Crippen molar-refractivity contribution in [3.8, 4) is 0 Å². The predicted molar refractivity (Wildman–Crippen MR) is 50.7 cm³/mol. The van der Waals surface area contributed by atoms with Crippen molar-refractivity contribution >= 4 is 17.7 Å². The van der Waals surface area contributed by atoms with Gasteiger partial charge in [0.1, 0.15) is 0 Å². The summed E-state index contributed by atoms with van der Waals surface area (Å²) >= 11 is 1.83. The number of hydrogen-bond donors (Lipinski definition) is 2. The number of carboxylic acid groups (broad SMARTS) is 1. The minimum atomic E-state index is -0.703. The SMILES string of the molecule is O=C(O)C1(C2CCSC2)CC(O)C1. The van der Waals surface area contributed by atoms with Crippen LogP contribution in [0.25, 0.3) is 0 Å². The summed E-state index contributed by atoms with van der Waals surface area (Å²) in [6.45, 7) is 0. The van der Waals surface area contributed by atoms with Gasteiger partial charge in [0.2, 0.25) is 0 Å². The van der Waals surface area contributed by atoms with Gasteiger partial charge >= 0.3 is 5.97 Å². The third-order valence-electron chi connectivity index (χ3n) is 3.34. The van der Waals surface area contributed by atoms with Crippen molar-refractivity contribution in [1.82, 2.24) is 0 Å². The summed E-state index contributed by atoms with van der Waals surface area (Å²) < 4.78 is 0. The van der Waals surface area contributed by atoms with Crippen molar-refractivity contribution in [3.05, 3.63) is 0 Å². The second kappa shape index (κ2) is 3.17. The van der Waals surface area contributed by atoms with Gasteiger partial charge in [0.05, 0.1) is 11.5 Å². The number of thioether (sulfide) groups is 1. The highest BCUT2D eigenvalue weighted by molar-refractivity contribution is 7.99. The van der Waals surface area contributed by atoms with E-state index in [0.717, 1.165) is 17.9 Å². The summed E-state index contributed by atoms with van der Waals surface area (Å²) in [6.07, 6.45) is 1.56. The average Bonchev–Trinajstić information content (AvgIpc) is 2.49. The molecule has 1 saturated carbocycles. The highest BCUT2D eigenvalue weighted by Gasteiger charge is 2.55. The van der Waals surface area contributed by atoms with Crippen LogP contribution >= 0.6 is 11.8 Å². The summed E-state index contributed by atoms with van der Waals surface area (Å²) in [4.78, 5) is 11.1. The Morgan fingerprint density at radius 1 is 1.46 bits per heavy atom. The van der Waals surface area contributed by atoms with Gasteiger partial charge in [0.15, 0.2) is 0 Å². The molecule has 1 heterocycles. The van der Waals surface area contributed by atoms with Crippen LogP contribution in [0.3, 0.4) is 0 Å². The van der Waals surface area contributed by atoms with Crippen LogP contribution in [0.5, 0.6) is 0 Å². The summed E-state index contributed by atoms with van der Waals surface area (Å²) in [5, 5.41) is 18.4. The Kier molecular flexibility index (Phi) is 2.28. The van der Waals surface area contributed by atoms with E-state index in [1.165, 1.54) is 0 Å². The minimum absolute atomic E-state index is 0.290. The molecular weight excluding hydrogens is 188 g/mol. The molecule has 0 aromatic rings. The number of rotatable bonds is 2. The number of aliphatic hydroxyl groups is 1. The maximum atomic E-state index is 11.1. The fourth-order valence-electron chi connectivity index (χ4n) is 2.43. The molecule has 0 bridgehead atoms. The third-order valence-corrected chi connectivity index (χ3v) is 4.50. The van der Waals surface area contributed by atoms with Gasteiger partial charge in [-0.3, -0.25) is 4.79 Å². The monoisotopic (exact) mass is 202 g/mol. The zero-order chi connectivity index (χ0) is 9.47. The topological polar surface area (TPSA) is 57.5 Å². The molecule has 2 N–H and O–H groups in total. The summed E-state index contributed by atoms with van der Waals surface area (Å²) in [7, 11) is 0. The Hall–Kier alpha value is -0.220. The first-order valence-electron chi connectivity index (χ1n) is 4.64. The van der Waals surface area contributed by atoms with Crippen LogP contribution in [0.15, 0.2) is 0 Å². The van der Waals surface area contributed by atoms with Crippen LogP contribution in [0.4, 0.5) is 0 Å². The van der Waals surface area contributed by atoms with Gasteiger partial charge in [-0.1, -0.05) is 0 Å². The van der Waals surface area contributed by atoms with Crippen molar-refractivity contribution in [2.75, 3.05) is 11.5 Å². The number of aliphatic hydroxyl groups excluding tert-OH is 1. The van der Waals surface area contributed by atoms with Crippen molar-refractivity contribution in [1.29, 1.82) is 0 Å². The van der Waals surface area contributed by atoms with Gasteiger partial charge in [-0.2, -0.15) is 11.8 Å². The lowest BCUT2D eigenvalue weighted by molar-refractivity contribution is -0.169. The van der Waals surface area contributed by atoms with Gasteiger partial charge in [-0.25, -0.2) is 0 Å². The maximum Gasteiger partial charge on any atom is 0.310 e. The molecule has 74 valence electrons. The number of carboxylic acids is 1. The fourth-order valence-corrected chi connectivity index (χ4v) is 3.82. The molecule has 1 aliphatic carbocycles.